The SMILES string of the molecule is C[n+]1cccc(C(=O)N2CCN(C3=Nc4cc(Cl)ccc4Nc4ccccc43)CC2)c1. The number of amidine groups is 1. The number of para-hydroxylation sites is 1. The number of anilines is 2. The Morgan fingerprint density at radius 1 is 1.03 bits per heavy atom. The number of rotatable bonds is 1. The zero-order valence-electron chi connectivity index (χ0n) is 17.3. The van der Waals surface area contributed by atoms with Crippen LogP contribution in [-0.4, -0.2) is 47.7 Å². The smallest absolute Gasteiger partial charge is 0.260 e. The van der Waals surface area contributed by atoms with Gasteiger partial charge < -0.3 is 15.1 Å². The number of nitrogens with zero attached hydrogens (tertiary/aromatic N) is 4. The fourth-order valence-electron chi connectivity index (χ4n) is 4.07. The van der Waals surface area contributed by atoms with Crippen molar-refractivity contribution in [1.82, 2.24) is 9.80 Å². The number of aromatic nitrogens is 1. The molecule has 2 aliphatic rings. The van der Waals surface area contributed by atoms with Crippen molar-refractivity contribution in [3.63, 3.8) is 0 Å². The van der Waals surface area contributed by atoms with Crippen molar-refractivity contribution in [3.05, 3.63) is 83.1 Å². The summed E-state index contributed by atoms with van der Waals surface area (Å²) in [6, 6.07) is 17.6. The highest BCUT2D eigenvalue weighted by atomic mass is 35.5. The van der Waals surface area contributed by atoms with E-state index in [2.05, 4.69) is 22.3 Å². The Bertz CT molecular complexity index is 1180. The van der Waals surface area contributed by atoms with Crippen molar-refractivity contribution in [3.8, 4) is 0 Å². The molecule has 0 bridgehead atoms. The van der Waals surface area contributed by atoms with Crippen LogP contribution in [0.1, 0.15) is 15.9 Å². The van der Waals surface area contributed by atoms with Crippen LogP contribution < -0.4 is 9.88 Å². The summed E-state index contributed by atoms with van der Waals surface area (Å²) in [5, 5.41) is 4.14. The van der Waals surface area contributed by atoms with Gasteiger partial charge in [0.25, 0.3) is 5.91 Å². The first-order valence-electron chi connectivity index (χ1n) is 10.3. The molecule has 7 heteroatoms. The summed E-state index contributed by atoms with van der Waals surface area (Å²) in [6.07, 6.45) is 3.79. The van der Waals surface area contributed by atoms with E-state index in [0.717, 1.165) is 28.5 Å². The maximum absolute atomic E-state index is 12.9. The van der Waals surface area contributed by atoms with Crippen LogP contribution in [0.4, 0.5) is 17.1 Å². The van der Waals surface area contributed by atoms with Gasteiger partial charge in [-0.3, -0.25) is 4.79 Å². The number of benzene rings is 2. The fraction of sp³-hybridized carbons (Fsp3) is 0.208. The molecule has 1 saturated heterocycles. The quantitative estimate of drug-likeness (QED) is 0.596. The Morgan fingerprint density at radius 2 is 1.84 bits per heavy atom. The number of halogens is 1. The van der Waals surface area contributed by atoms with E-state index >= 15 is 0 Å². The maximum Gasteiger partial charge on any atom is 0.260 e. The highest BCUT2D eigenvalue weighted by molar-refractivity contribution is 6.31. The van der Waals surface area contributed by atoms with Crippen LogP contribution in [0.25, 0.3) is 0 Å². The fourth-order valence-corrected chi connectivity index (χ4v) is 4.24. The number of nitrogens with one attached hydrogen (secondary N) is 1. The molecule has 0 spiro atoms. The normalized spacial score (nSPS) is 15.4. The number of amides is 1. The molecule has 3 heterocycles. The third-order valence-corrected chi connectivity index (χ3v) is 5.91. The van der Waals surface area contributed by atoms with Crippen molar-refractivity contribution in [2.75, 3.05) is 31.5 Å². The molecule has 156 valence electrons. The Morgan fingerprint density at radius 3 is 2.65 bits per heavy atom. The lowest BCUT2D eigenvalue weighted by atomic mass is 10.1. The highest BCUT2D eigenvalue weighted by Gasteiger charge is 2.27. The molecular weight excluding hydrogens is 410 g/mol. The second kappa shape index (κ2) is 8.04. The van der Waals surface area contributed by atoms with Gasteiger partial charge in [0.1, 0.15) is 18.4 Å². The first-order chi connectivity index (χ1) is 15.1. The van der Waals surface area contributed by atoms with Gasteiger partial charge in [0.15, 0.2) is 12.4 Å². The van der Waals surface area contributed by atoms with Gasteiger partial charge in [-0.05, 0) is 36.4 Å². The Kier molecular flexibility index (Phi) is 5.08. The van der Waals surface area contributed by atoms with E-state index in [1.165, 1.54) is 0 Å². The molecule has 0 saturated carbocycles. The predicted octanol–water partition coefficient (Wildman–Crippen LogP) is 3.76. The van der Waals surface area contributed by atoms with E-state index < -0.39 is 0 Å². The van der Waals surface area contributed by atoms with Gasteiger partial charge in [-0.15, -0.1) is 0 Å². The first kappa shape index (κ1) is 19.6. The maximum atomic E-state index is 12.9. The molecule has 3 aromatic rings. The molecule has 0 aliphatic carbocycles. The summed E-state index contributed by atoms with van der Waals surface area (Å²) in [6.45, 7) is 2.73. The van der Waals surface area contributed by atoms with E-state index in [1.54, 1.807) is 0 Å². The molecule has 1 amide bonds. The zero-order valence-corrected chi connectivity index (χ0v) is 18.0. The number of carbonyl (C=O) groups is 1. The van der Waals surface area contributed by atoms with E-state index in [1.807, 2.05) is 71.4 Å². The largest absolute Gasteiger partial charge is 0.353 e. The van der Waals surface area contributed by atoms with Gasteiger partial charge in [-0.1, -0.05) is 23.7 Å². The van der Waals surface area contributed by atoms with Crippen molar-refractivity contribution >= 4 is 40.4 Å². The number of carbonyl (C=O) groups excluding carboxylic acids is 1. The molecule has 2 aromatic carbocycles. The van der Waals surface area contributed by atoms with Crippen LogP contribution in [0.5, 0.6) is 0 Å². The molecule has 5 rings (SSSR count). The number of fused-ring (bicyclic) bond motifs is 2. The lowest BCUT2D eigenvalue weighted by molar-refractivity contribution is -0.671. The molecule has 31 heavy (non-hydrogen) atoms. The van der Waals surface area contributed by atoms with E-state index in [4.69, 9.17) is 16.6 Å². The summed E-state index contributed by atoms with van der Waals surface area (Å²) in [7, 11) is 1.93. The molecule has 6 nitrogen and oxygen atoms in total. The van der Waals surface area contributed by atoms with Gasteiger partial charge in [0, 0.05) is 48.5 Å². The second-order valence-electron chi connectivity index (χ2n) is 7.80. The Balaban J connectivity index is 1.42. The topological polar surface area (TPSA) is 51.8 Å². The molecule has 0 atom stereocenters. The number of aryl methyl sites for hydroxylation is 1. The summed E-state index contributed by atoms with van der Waals surface area (Å²) < 4.78 is 1.90. The highest BCUT2D eigenvalue weighted by Crippen LogP contribution is 2.36. The average molecular weight is 433 g/mol. The Hall–Kier alpha value is -3.38. The van der Waals surface area contributed by atoms with Crippen molar-refractivity contribution in [1.29, 1.82) is 0 Å². The van der Waals surface area contributed by atoms with Gasteiger partial charge in [0.05, 0.1) is 11.4 Å². The first-order valence-corrected chi connectivity index (χ1v) is 10.7. The monoisotopic (exact) mass is 432 g/mol. The molecule has 1 aromatic heterocycles. The van der Waals surface area contributed by atoms with Crippen LogP contribution in [0.15, 0.2) is 72.0 Å². The van der Waals surface area contributed by atoms with Gasteiger partial charge in [0.2, 0.25) is 0 Å². The third kappa shape index (κ3) is 3.86. The minimum atomic E-state index is 0.0675. The minimum absolute atomic E-state index is 0.0675. The molecule has 0 radical (unpaired) electrons. The molecular formula is C24H23ClN5O+. The number of pyridine rings is 1. The summed E-state index contributed by atoms with van der Waals surface area (Å²) in [5.41, 5.74) is 4.51. The van der Waals surface area contributed by atoms with Crippen LogP contribution in [0.3, 0.4) is 0 Å². The number of hydrogen-bond acceptors (Lipinski definition) is 4. The number of hydrogen-bond donors (Lipinski definition) is 1. The standard InChI is InChI=1S/C24H23ClN5O/c1-28-10-4-5-17(16-28)24(31)30-13-11-29(12-14-30)23-19-6-2-3-7-20(19)26-21-9-8-18(25)15-22(21)27-23/h2-10,15-16,26H,11-14H2,1H3/q+1. The third-order valence-electron chi connectivity index (χ3n) is 5.68. The summed E-state index contributed by atoms with van der Waals surface area (Å²) in [5.74, 6) is 0.972. The minimum Gasteiger partial charge on any atom is -0.353 e. The van der Waals surface area contributed by atoms with Crippen LogP contribution in [0, 0.1) is 0 Å². The molecule has 1 fully saturated rings. The van der Waals surface area contributed by atoms with Crippen molar-refractivity contribution in [2.24, 2.45) is 12.0 Å². The van der Waals surface area contributed by atoms with E-state index in [0.29, 0.717) is 36.8 Å². The summed E-state index contributed by atoms with van der Waals surface area (Å²) in [4.78, 5) is 22.1. The summed E-state index contributed by atoms with van der Waals surface area (Å²) >= 11 is 6.24. The molecule has 2 aliphatic heterocycles. The lowest BCUT2D eigenvalue weighted by Gasteiger charge is -2.36. The van der Waals surface area contributed by atoms with Crippen LogP contribution >= 0.6 is 11.6 Å². The lowest BCUT2D eigenvalue weighted by Crippen LogP contribution is -2.51. The average Bonchev–Trinajstić information content (AvgIpc) is 2.95. The van der Waals surface area contributed by atoms with E-state index in [-0.39, 0.29) is 5.91 Å². The predicted molar refractivity (Wildman–Crippen MR) is 122 cm³/mol. The van der Waals surface area contributed by atoms with E-state index in [9.17, 15) is 4.79 Å². The van der Waals surface area contributed by atoms with Crippen molar-refractivity contribution < 1.29 is 9.36 Å². The Labute approximate surface area is 186 Å². The number of piperazine rings is 1. The van der Waals surface area contributed by atoms with Gasteiger partial charge >= 0.3 is 0 Å². The van der Waals surface area contributed by atoms with Gasteiger partial charge in [-0.25, -0.2) is 9.56 Å². The molecule has 1 N–H and O–H groups in total. The van der Waals surface area contributed by atoms with Crippen LogP contribution in [-0.2, 0) is 7.05 Å². The number of aliphatic imine (C=N–C) groups is 1. The molecule has 0 unspecified atom stereocenters. The zero-order chi connectivity index (χ0) is 21.4. The second-order valence-corrected chi connectivity index (χ2v) is 8.24. The van der Waals surface area contributed by atoms with Crippen LogP contribution in [0.2, 0.25) is 5.02 Å². The van der Waals surface area contributed by atoms with Gasteiger partial charge in [-0.2, -0.15) is 0 Å². The van der Waals surface area contributed by atoms with Crippen molar-refractivity contribution in [2.45, 2.75) is 0 Å².